The van der Waals surface area contributed by atoms with Gasteiger partial charge >= 0.3 is 214 Å². The van der Waals surface area contributed by atoms with Crippen LogP contribution in [0.1, 0.15) is 0 Å². The quantitative estimate of drug-likeness (QED) is 0.212. The van der Waals surface area contributed by atoms with Gasteiger partial charge in [0.15, 0.2) is 0 Å². The summed E-state index contributed by atoms with van der Waals surface area (Å²) in [7, 11) is 0. The molecular weight excluding hydrogens is 1080 g/mol. The summed E-state index contributed by atoms with van der Waals surface area (Å²) in [5.41, 5.74) is 0. The van der Waals surface area contributed by atoms with Crippen LogP contribution in [0.5, 0.6) is 0 Å². The molecule has 0 amide bonds. The Labute approximate surface area is 208 Å². The molecule has 0 N–H and O–H groups in total. The van der Waals surface area contributed by atoms with E-state index < -0.39 is 0 Å². The largest absolute Gasteiger partial charge is 4.00 e. The number of hydrogen-bond donors (Lipinski definition) is 0. The second-order valence-electron chi connectivity index (χ2n) is 0. The molecule has 0 bridgehead atoms. The molecule has 0 aliphatic rings. The second-order valence-corrected chi connectivity index (χ2v) is 0. The van der Waals surface area contributed by atoms with Crippen LogP contribution in [0.15, 0.2) is 0 Å². The van der Waals surface area contributed by atoms with Gasteiger partial charge in [0.1, 0.15) is 0 Å². The minimum Gasteiger partial charge on any atom is 2.00 e. The maximum Gasteiger partial charge on any atom is 4.00 e. The van der Waals surface area contributed by atoms with Gasteiger partial charge in [-0.25, -0.2) is 0 Å². The Kier molecular flexibility index (Phi) is 458. The molecule has 0 saturated heterocycles. The van der Waals surface area contributed by atoms with Crippen molar-refractivity contribution in [3.8, 4) is 0 Å². The molecule has 0 radical (unpaired) electrons. The summed E-state index contributed by atoms with van der Waals surface area (Å²) in [6.45, 7) is 0. The SMILES string of the molecule is [As-]=[AsH].[As-]=[AsH].[As-]=[AsH].[As-]=[AsH].[As-]=[AsH].[As-]=[AsH].[Sn+4].[Zn+2]. The molecule has 0 fully saturated rings. The van der Waals surface area contributed by atoms with Crippen molar-refractivity contribution in [2.24, 2.45) is 0 Å². The van der Waals surface area contributed by atoms with E-state index in [1.54, 1.807) is 0 Å². The van der Waals surface area contributed by atoms with E-state index >= 15 is 0 Å². The number of rotatable bonds is 0. The molecule has 0 aromatic heterocycles. The van der Waals surface area contributed by atoms with Crippen molar-refractivity contribution in [1.29, 1.82) is 0 Å². The zero-order valence-corrected chi connectivity index (χ0v) is 36.6. The summed E-state index contributed by atoms with van der Waals surface area (Å²) >= 11 is 25.5. The van der Waals surface area contributed by atoms with Crippen molar-refractivity contribution in [2.45, 2.75) is 0 Å². The number of hydrogen-bond acceptors (Lipinski definition) is 0. The Bertz CT molecular complexity index is 25.8. The fourth-order valence-corrected chi connectivity index (χ4v) is 0. The first-order valence-electron chi connectivity index (χ1n) is 1.34. The van der Waals surface area contributed by atoms with Crippen LogP contribution >= 0.6 is 0 Å². The molecule has 0 aromatic rings. The summed E-state index contributed by atoms with van der Waals surface area (Å²) in [6.07, 6.45) is 0. The van der Waals surface area contributed by atoms with E-state index in [2.05, 4.69) is 85.4 Å². The standard InChI is InChI=1S/6As2H.Sn.Zn/c6*1-2;;/h6*1H;;/q6*-1;+4;+2. The molecular formula is H6As12SnZn. The van der Waals surface area contributed by atoms with Crippen molar-refractivity contribution in [3.63, 3.8) is 0 Å². The molecule has 0 saturated carbocycles. The zero-order chi connectivity index (χ0) is 12.0. The molecule has 14 heteroatoms. The van der Waals surface area contributed by atoms with Gasteiger partial charge in [-0.1, -0.05) is 0 Å². The molecule has 0 spiro atoms. The summed E-state index contributed by atoms with van der Waals surface area (Å²) in [4.78, 5) is 0. The van der Waals surface area contributed by atoms with Crippen LogP contribution < -0.4 is 0 Å². The molecule has 0 aromatic carbocycles. The van der Waals surface area contributed by atoms with Gasteiger partial charge in [0.2, 0.25) is 0 Å². The van der Waals surface area contributed by atoms with Gasteiger partial charge in [0.25, 0.3) is 0 Å². The molecule has 0 nitrogen and oxygen atoms in total. The predicted octanol–water partition coefficient (Wildman–Crippen LogP) is -6.56. The second kappa shape index (κ2) is 130. The fourth-order valence-electron chi connectivity index (χ4n) is 0. The van der Waals surface area contributed by atoms with Crippen LogP contribution in [0.25, 0.3) is 0 Å². The Morgan fingerprint density at radius 2 is 0.357 bits per heavy atom. The molecule has 14 heavy (non-hydrogen) atoms. The fraction of sp³-hybridized carbons (Fsp3) is 0. The molecule has 72 valence electrons. The van der Waals surface area contributed by atoms with Gasteiger partial charge < -0.3 is 0 Å². The zero-order valence-electron chi connectivity index (χ0n) is 6.89. The van der Waals surface area contributed by atoms with Gasteiger partial charge in [0, 0.05) is 0 Å². The van der Waals surface area contributed by atoms with E-state index in [1.807, 2.05) is 85.4 Å². The van der Waals surface area contributed by atoms with Crippen LogP contribution in [-0.4, -0.2) is 195 Å². The van der Waals surface area contributed by atoms with E-state index in [4.69, 9.17) is 0 Å². The van der Waals surface area contributed by atoms with E-state index in [-0.39, 0.29) is 43.4 Å². The van der Waals surface area contributed by atoms with E-state index in [0.717, 1.165) is 0 Å². The minimum absolute atomic E-state index is 0. The van der Waals surface area contributed by atoms with Gasteiger partial charge in [-0.05, 0) is 0 Å². The predicted molar refractivity (Wildman–Crippen MR) is 83.2 cm³/mol. The van der Waals surface area contributed by atoms with E-state index in [9.17, 15) is 0 Å². The van der Waals surface area contributed by atoms with Gasteiger partial charge in [0.05, 0.1) is 0 Å². The van der Waals surface area contributed by atoms with Crippen LogP contribution in [0.4, 0.5) is 0 Å². The Hall–Kier alpha value is 8.12. The minimum atomic E-state index is 0. The molecule has 0 aliphatic heterocycles. The van der Waals surface area contributed by atoms with Crippen molar-refractivity contribution >= 4 is 195 Å². The third kappa shape index (κ3) is 112. The first-order chi connectivity index (χ1) is 6.00. The summed E-state index contributed by atoms with van der Waals surface area (Å²) in [6, 6.07) is 0. The van der Waals surface area contributed by atoms with Crippen molar-refractivity contribution in [1.82, 2.24) is 0 Å². The molecule has 0 heterocycles. The van der Waals surface area contributed by atoms with Crippen LogP contribution in [0.3, 0.4) is 0 Å². The monoisotopic (exact) mass is 1090 g/mol. The Balaban J connectivity index is -0.00000000500. The molecule has 0 unspecified atom stereocenters. The topological polar surface area (TPSA) is 0 Å². The first-order valence-corrected chi connectivity index (χ1v) is 36.2. The maximum atomic E-state index is 2.31. The van der Waals surface area contributed by atoms with Crippen LogP contribution in [0.2, 0.25) is 0 Å². The first kappa shape index (κ1) is 49.5. The normalized spacial score (nSPS) is 1.71. The maximum absolute atomic E-state index is 2.31. The Morgan fingerprint density at radius 1 is 0.357 bits per heavy atom. The van der Waals surface area contributed by atoms with Crippen molar-refractivity contribution in [2.75, 3.05) is 0 Å². The van der Waals surface area contributed by atoms with Crippen LogP contribution in [-0.2, 0) is 19.5 Å². The van der Waals surface area contributed by atoms with E-state index in [1.165, 1.54) is 0 Å². The summed E-state index contributed by atoms with van der Waals surface area (Å²) in [5.74, 6) is 0. The van der Waals surface area contributed by atoms with Crippen molar-refractivity contribution < 1.29 is 19.5 Å². The third-order valence-corrected chi connectivity index (χ3v) is 0. The summed E-state index contributed by atoms with van der Waals surface area (Å²) < 4.78 is 0. The molecule has 0 rings (SSSR count). The third-order valence-electron chi connectivity index (χ3n) is 0. The smallest absolute Gasteiger partial charge is 2.00 e. The summed E-state index contributed by atoms with van der Waals surface area (Å²) in [5, 5.41) is 0. The average molecular weight is 1090 g/mol. The van der Waals surface area contributed by atoms with Gasteiger partial charge in [-0.3, -0.25) is 0 Å². The van der Waals surface area contributed by atoms with Gasteiger partial charge in [-0.15, -0.1) is 0 Å². The van der Waals surface area contributed by atoms with Crippen LogP contribution in [0, 0.1) is 0 Å². The molecule has 0 atom stereocenters. The van der Waals surface area contributed by atoms with Crippen molar-refractivity contribution in [3.05, 3.63) is 0 Å². The van der Waals surface area contributed by atoms with Gasteiger partial charge in [-0.2, -0.15) is 0 Å². The van der Waals surface area contributed by atoms with E-state index in [0.29, 0.717) is 0 Å². The average Bonchev–Trinajstić information content (AvgIpc) is 2.33. The Morgan fingerprint density at radius 3 is 0.357 bits per heavy atom. The molecule has 0 aliphatic carbocycles.